The summed E-state index contributed by atoms with van der Waals surface area (Å²) in [7, 11) is 0. The molecule has 10 heteroatoms. The number of hydrogen-bond donors (Lipinski definition) is 3. The number of ether oxygens (including phenoxy) is 1. The van der Waals surface area contributed by atoms with E-state index in [0.717, 1.165) is 0 Å². The molecule has 1 amide bonds. The Kier molecular flexibility index (Phi) is 4.67. The number of aromatic nitrogens is 4. The molecule has 1 atom stereocenters. The Morgan fingerprint density at radius 2 is 2.03 bits per heavy atom. The van der Waals surface area contributed by atoms with Gasteiger partial charge in [0.1, 0.15) is 5.82 Å². The van der Waals surface area contributed by atoms with Crippen molar-refractivity contribution in [3.8, 4) is 17.1 Å². The Hall–Kier alpha value is -3.82. The summed E-state index contributed by atoms with van der Waals surface area (Å²) in [5.41, 5.74) is 13.8. The SMILES string of the molecule is CCOc1nc(-c2cc(F)ccc2[C@H]2Cc3nc(N)ncc3C(=O)N2)cnc1N. The fraction of sp³-hybridized carbons (Fsp3) is 0.211. The van der Waals surface area contributed by atoms with Gasteiger partial charge in [-0.1, -0.05) is 6.07 Å². The van der Waals surface area contributed by atoms with Crippen molar-refractivity contribution in [2.75, 3.05) is 18.1 Å². The van der Waals surface area contributed by atoms with Gasteiger partial charge in [0.15, 0.2) is 5.82 Å². The van der Waals surface area contributed by atoms with E-state index in [9.17, 15) is 9.18 Å². The molecule has 0 spiro atoms. The molecule has 1 aliphatic rings. The van der Waals surface area contributed by atoms with Gasteiger partial charge in [0.25, 0.3) is 11.8 Å². The van der Waals surface area contributed by atoms with Gasteiger partial charge < -0.3 is 21.5 Å². The number of fused-ring (bicyclic) bond motifs is 1. The molecule has 0 bridgehead atoms. The molecule has 0 unspecified atom stereocenters. The number of benzene rings is 1. The van der Waals surface area contributed by atoms with Crippen molar-refractivity contribution in [2.24, 2.45) is 0 Å². The molecule has 148 valence electrons. The molecular formula is C19H18FN7O2. The first kappa shape index (κ1) is 18.5. The van der Waals surface area contributed by atoms with Crippen LogP contribution >= 0.6 is 0 Å². The number of nitrogens with two attached hydrogens (primary N) is 2. The molecule has 9 nitrogen and oxygen atoms in total. The molecule has 2 aromatic heterocycles. The van der Waals surface area contributed by atoms with Gasteiger partial charge in [0.2, 0.25) is 5.95 Å². The summed E-state index contributed by atoms with van der Waals surface area (Å²) in [6, 6.07) is 3.79. The lowest BCUT2D eigenvalue weighted by Crippen LogP contribution is -2.36. The van der Waals surface area contributed by atoms with Gasteiger partial charge in [-0.2, -0.15) is 0 Å². The van der Waals surface area contributed by atoms with E-state index in [1.165, 1.54) is 24.5 Å². The normalized spacial score (nSPS) is 15.5. The van der Waals surface area contributed by atoms with Crippen LogP contribution in [-0.2, 0) is 6.42 Å². The number of nitrogens with one attached hydrogen (secondary N) is 1. The number of halogens is 1. The van der Waals surface area contributed by atoms with Gasteiger partial charge in [-0.3, -0.25) is 4.79 Å². The lowest BCUT2D eigenvalue weighted by Gasteiger charge is -2.26. The molecule has 3 heterocycles. The van der Waals surface area contributed by atoms with Crippen molar-refractivity contribution in [1.29, 1.82) is 0 Å². The van der Waals surface area contributed by atoms with Gasteiger partial charge in [0, 0.05) is 18.2 Å². The van der Waals surface area contributed by atoms with Crippen LogP contribution in [0, 0.1) is 5.82 Å². The van der Waals surface area contributed by atoms with Crippen molar-refractivity contribution in [3.05, 3.63) is 53.2 Å². The van der Waals surface area contributed by atoms with E-state index in [4.69, 9.17) is 16.2 Å². The molecular weight excluding hydrogens is 377 g/mol. The highest BCUT2D eigenvalue weighted by Gasteiger charge is 2.29. The molecule has 0 fully saturated rings. The Labute approximate surface area is 165 Å². The first-order valence-electron chi connectivity index (χ1n) is 8.93. The monoisotopic (exact) mass is 395 g/mol. The highest BCUT2D eigenvalue weighted by atomic mass is 19.1. The predicted molar refractivity (Wildman–Crippen MR) is 103 cm³/mol. The second-order valence-corrected chi connectivity index (χ2v) is 6.43. The van der Waals surface area contributed by atoms with E-state index in [1.54, 1.807) is 13.0 Å². The minimum absolute atomic E-state index is 0.0855. The summed E-state index contributed by atoms with van der Waals surface area (Å²) in [4.78, 5) is 29.0. The van der Waals surface area contributed by atoms with E-state index < -0.39 is 11.9 Å². The van der Waals surface area contributed by atoms with Crippen molar-refractivity contribution in [1.82, 2.24) is 25.3 Å². The molecule has 3 aromatic rings. The average molecular weight is 395 g/mol. The highest BCUT2D eigenvalue weighted by molar-refractivity contribution is 5.96. The van der Waals surface area contributed by atoms with E-state index >= 15 is 0 Å². The summed E-state index contributed by atoms with van der Waals surface area (Å²) in [5, 5.41) is 2.90. The number of nitrogens with zero attached hydrogens (tertiary/aromatic N) is 4. The van der Waals surface area contributed by atoms with Crippen molar-refractivity contribution in [2.45, 2.75) is 19.4 Å². The fourth-order valence-electron chi connectivity index (χ4n) is 3.25. The predicted octanol–water partition coefficient (Wildman–Crippen LogP) is 1.66. The quantitative estimate of drug-likeness (QED) is 0.605. The van der Waals surface area contributed by atoms with Crippen molar-refractivity contribution >= 4 is 17.7 Å². The second kappa shape index (κ2) is 7.30. The summed E-state index contributed by atoms with van der Waals surface area (Å²) < 4.78 is 19.5. The Balaban J connectivity index is 1.79. The molecule has 1 aromatic carbocycles. The van der Waals surface area contributed by atoms with Gasteiger partial charge in [0.05, 0.1) is 35.8 Å². The number of rotatable bonds is 4. The van der Waals surface area contributed by atoms with Crippen LogP contribution in [0.3, 0.4) is 0 Å². The third-order valence-corrected chi connectivity index (χ3v) is 4.55. The summed E-state index contributed by atoms with van der Waals surface area (Å²) in [5.74, 6) is -0.388. The maximum absolute atomic E-state index is 14.1. The van der Waals surface area contributed by atoms with Crippen LogP contribution in [0.25, 0.3) is 11.3 Å². The number of nitrogen functional groups attached to an aromatic ring is 2. The molecule has 4 rings (SSSR count). The Morgan fingerprint density at radius 1 is 1.21 bits per heavy atom. The maximum atomic E-state index is 14.1. The summed E-state index contributed by atoms with van der Waals surface area (Å²) in [6.45, 7) is 2.15. The van der Waals surface area contributed by atoms with Crippen LogP contribution in [0.15, 0.2) is 30.6 Å². The number of carbonyl (C=O) groups excluding carboxylic acids is 1. The molecule has 29 heavy (non-hydrogen) atoms. The topological polar surface area (TPSA) is 142 Å². The fourth-order valence-corrected chi connectivity index (χ4v) is 3.25. The van der Waals surface area contributed by atoms with E-state index in [-0.39, 0.29) is 23.6 Å². The molecule has 0 saturated carbocycles. The Bertz CT molecular complexity index is 1110. The lowest BCUT2D eigenvalue weighted by molar-refractivity contribution is 0.0923. The van der Waals surface area contributed by atoms with Crippen molar-refractivity contribution in [3.63, 3.8) is 0 Å². The highest BCUT2D eigenvalue weighted by Crippen LogP contribution is 2.33. The second-order valence-electron chi connectivity index (χ2n) is 6.43. The molecule has 0 saturated heterocycles. The lowest BCUT2D eigenvalue weighted by atomic mass is 9.91. The number of anilines is 2. The number of hydrogen-bond acceptors (Lipinski definition) is 8. The minimum Gasteiger partial charge on any atom is -0.475 e. The third kappa shape index (κ3) is 3.51. The van der Waals surface area contributed by atoms with E-state index in [2.05, 4.69) is 25.3 Å². The number of carbonyl (C=O) groups is 1. The number of amides is 1. The third-order valence-electron chi connectivity index (χ3n) is 4.55. The van der Waals surface area contributed by atoms with Gasteiger partial charge in [-0.15, -0.1) is 0 Å². The smallest absolute Gasteiger partial charge is 0.257 e. The molecule has 1 aliphatic heterocycles. The van der Waals surface area contributed by atoms with Crippen LogP contribution in [0.4, 0.5) is 16.2 Å². The zero-order valence-electron chi connectivity index (χ0n) is 15.5. The maximum Gasteiger partial charge on any atom is 0.257 e. The first-order chi connectivity index (χ1) is 14.0. The van der Waals surface area contributed by atoms with Gasteiger partial charge in [-0.25, -0.2) is 24.3 Å². The van der Waals surface area contributed by atoms with Gasteiger partial charge >= 0.3 is 0 Å². The Morgan fingerprint density at radius 3 is 2.83 bits per heavy atom. The molecule has 0 aliphatic carbocycles. The van der Waals surface area contributed by atoms with E-state index in [0.29, 0.717) is 41.1 Å². The zero-order chi connectivity index (χ0) is 20.5. The van der Waals surface area contributed by atoms with Crippen LogP contribution in [0.2, 0.25) is 0 Å². The summed E-state index contributed by atoms with van der Waals surface area (Å²) in [6.07, 6.45) is 3.20. The van der Waals surface area contributed by atoms with Crippen LogP contribution in [0.1, 0.15) is 34.6 Å². The average Bonchev–Trinajstić information content (AvgIpc) is 2.69. The zero-order valence-corrected chi connectivity index (χ0v) is 15.5. The summed E-state index contributed by atoms with van der Waals surface area (Å²) >= 11 is 0. The van der Waals surface area contributed by atoms with Gasteiger partial charge in [-0.05, 0) is 24.6 Å². The van der Waals surface area contributed by atoms with E-state index in [1.807, 2.05) is 0 Å². The molecule has 0 radical (unpaired) electrons. The van der Waals surface area contributed by atoms with Crippen LogP contribution < -0.4 is 21.5 Å². The first-order valence-corrected chi connectivity index (χ1v) is 8.93. The van der Waals surface area contributed by atoms with Crippen LogP contribution in [0.5, 0.6) is 5.88 Å². The van der Waals surface area contributed by atoms with Crippen molar-refractivity contribution < 1.29 is 13.9 Å². The largest absolute Gasteiger partial charge is 0.475 e. The molecule has 5 N–H and O–H groups in total. The minimum atomic E-state index is -0.463. The standard InChI is InChI=1S/C19H18FN7O2/c1-2-29-18-16(21)23-8-15(26-18)11-5-9(20)3-4-10(11)13-6-14-12(17(28)25-13)7-24-19(22)27-14/h3-5,7-8,13H,2,6H2,1H3,(H2,21,23)(H,25,28)(H2,22,24,27)/t13-/m1/s1. The van der Waals surface area contributed by atoms with Crippen LogP contribution in [-0.4, -0.2) is 32.4 Å².